The van der Waals surface area contributed by atoms with Crippen molar-refractivity contribution in [1.82, 2.24) is 15.2 Å². The van der Waals surface area contributed by atoms with Crippen LogP contribution >= 0.6 is 0 Å². The molecule has 0 atom stereocenters. The van der Waals surface area contributed by atoms with Gasteiger partial charge in [-0.2, -0.15) is 5.10 Å². The van der Waals surface area contributed by atoms with Crippen molar-refractivity contribution in [2.75, 3.05) is 0 Å². The standard InChI is InChI=1S/C15H15N3/c1-3-13-12-8-9-14(16-15(12)18-17-13)11-7-5-4-6-10(11)2/h4-9H,3H2,1-2H3,(H,16,17,18). The number of fused-ring (bicyclic) bond motifs is 1. The van der Waals surface area contributed by atoms with Gasteiger partial charge in [0.1, 0.15) is 0 Å². The molecule has 2 aromatic heterocycles. The van der Waals surface area contributed by atoms with Crippen LogP contribution in [0.2, 0.25) is 0 Å². The number of aromatic amines is 1. The average molecular weight is 237 g/mol. The third kappa shape index (κ3) is 1.68. The maximum Gasteiger partial charge on any atom is 0.181 e. The molecule has 1 aromatic carbocycles. The number of aromatic nitrogens is 3. The molecule has 0 saturated carbocycles. The second-order valence-electron chi connectivity index (χ2n) is 4.44. The Labute approximate surface area is 106 Å². The smallest absolute Gasteiger partial charge is 0.181 e. The molecule has 0 spiro atoms. The van der Waals surface area contributed by atoms with Crippen LogP contribution in [0.25, 0.3) is 22.3 Å². The number of hydrogen-bond acceptors (Lipinski definition) is 2. The largest absolute Gasteiger partial charge is 0.280 e. The van der Waals surface area contributed by atoms with Crippen molar-refractivity contribution in [2.45, 2.75) is 20.3 Å². The van der Waals surface area contributed by atoms with Crippen molar-refractivity contribution in [1.29, 1.82) is 0 Å². The third-order valence-electron chi connectivity index (χ3n) is 3.27. The molecule has 1 N–H and O–H groups in total. The zero-order valence-electron chi connectivity index (χ0n) is 10.6. The van der Waals surface area contributed by atoms with E-state index >= 15 is 0 Å². The second kappa shape index (κ2) is 4.26. The third-order valence-corrected chi connectivity index (χ3v) is 3.27. The fourth-order valence-corrected chi connectivity index (χ4v) is 2.23. The van der Waals surface area contributed by atoms with Crippen molar-refractivity contribution in [3.05, 3.63) is 47.7 Å². The van der Waals surface area contributed by atoms with E-state index in [1.54, 1.807) is 0 Å². The molecule has 2 heterocycles. The summed E-state index contributed by atoms with van der Waals surface area (Å²) < 4.78 is 0. The van der Waals surface area contributed by atoms with Crippen LogP contribution < -0.4 is 0 Å². The zero-order valence-corrected chi connectivity index (χ0v) is 10.6. The van der Waals surface area contributed by atoms with Gasteiger partial charge in [-0.3, -0.25) is 5.10 Å². The molecule has 0 aliphatic rings. The summed E-state index contributed by atoms with van der Waals surface area (Å²) in [6.45, 7) is 4.21. The lowest BCUT2D eigenvalue weighted by Gasteiger charge is -2.04. The molecule has 3 nitrogen and oxygen atoms in total. The molecule has 0 unspecified atom stereocenters. The van der Waals surface area contributed by atoms with E-state index in [1.807, 2.05) is 12.1 Å². The molecule has 18 heavy (non-hydrogen) atoms. The molecule has 0 saturated heterocycles. The number of rotatable bonds is 2. The Morgan fingerprint density at radius 3 is 2.72 bits per heavy atom. The maximum atomic E-state index is 4.63. The summed E-state index contributed by atoms with van der Waals surface area (Å²) in [7, 11) is 0. The Morgan fingerprint density at radius 2 is 1.94 bits per heavy atom. The van der Waals surface area contributed by atoms with Crippen LogP contribution in [0, 0.1) is 6.92 Å². The van der Waals surface area contributed by atoms with E-state index in [2.05, 4.69) is 53.3 Å². The van der Waals surface area contributed by atoms with Gasteiger partial charge >= 0.3 is 0 Å². The number of nitrogens with zero attached hydrogens (tertiary/aromatic N) is 2. The van der Waals surface area contributed by atoms with Crippen LogP contribution in [0.15, 0.2) is 36.4 Å². The van der Waals surface area contributed by atoms with Gasteiger partial charge in [-0.15, -0.1) is 0 Å². The van der Waals surface area contributed by atoms with Gasteiger partial charge in [0.2, 0.25) is 0 Å². The molecule has 3 heteroatoms. The Balaban J connectivity index is 2.17. The van der Waals surface area contributed by atoms with Gasteiger partial charge in [0, 0.05) is 16.6 Å². The molecule has 90 valence electrons. The van der Waals surface area contributed by atoms with Crippen molar-refractivity contribution in [3.8, 4) is 11.3 Å². The van der Waals surface area contributed by atoms with Crippen molar-refractivity contribution >= 4 is 11.0 Å². The molecule has 3 rings (SSSR count). The van der Waals surface area contributed by atoms with E-state index < -0.39 is 0 Å². The average Bonchev–Trinajstić information content (AvgIpc) is 2.81. The van der Waals surface area contributed by atoms with Gasteiger partial charge in [0.05, 0.1) is 5.69 Å². The number of H-pyrrole nitrogens is 1. The first-order valence-electron chi connectivity index (χ1n) is 6.19. The summed E-state index contributed by atoms with van der Waals surface area (Å²) in [5.41, 5.74) is 5.33. The highest BCUT2D eigenvalue weighted by Gasteiger charge is 2.08. The predicted octanol–water partition coefficient (Wildman–Crippen LogP) is 3.50. The lowest BCUT2D eigenvalue weighted by molar-refractivity contribution is 0.984. The number of pyridine rings is 1. The zero-order chi connectivity index (χ0) is 12.5. The first-order valence-corrected chi connectivity index (χ1v) is 6.19. The van der Waals surface area contributed by atoms with Crippen LogP contribution in [-0.4, -0.2) is 15.2 Å². The highest BCUT2D eigenvalue weighted by molar-refractivity contribution is 5.81. The number of aryl methyl sites for hydroxylation is 2. The molecule has 0 radical (unpaired) electrons. The van der Waals surface area contributed by atoms with E-state index in [0.717, 1.165) is 28.8 Å². The van der Waals surface area contributed by atoms with Crippen LogP contribution in [0.1, 0.15) is 18.2 Å². The van der Waals surface area contributed by atoms with E-state index in [-0.39, 0.29) is 0 Å². The summed E-state index contributed by atoms with van der Waals surface area (Å²) >= 11 is 0. The summed E-state index contributed by atoms with van der Waals surface area (Å²) in [6.07, 6.45) is 0.946. The molecule has 3 aromatic rings. The van der Waals surface area contributed by atoms with Gasteiger partial charge in [-0.05, 0) is 31.0 Å². The van der Waals surface area contributed by atoms with Gasteiger partial charge in [0.25, 0.3) is 0 Å². The molecule has 0 aliphatic heterocycles. The number of hydrogen-bond donors (Lipinski definition) is 1. The van der Waals surface area contributed by atoms with E-state index in [4.69, 9.17) is 0 Å². The number of nitrogens with one attached hydrogen (secondary N) is 1. The highest BCUT2D eigenvalue weighted by Crippen LogP contribution is 2.24. The van der Waals surface area contributed by atoms with E-state index in [0.29, 0.717) is 0 Å². The molecule has 0 fully saturated rings. The summed E-state index contributed by atoms with van der Waals surface area (Å²) in [5.74, 6) is 0. The van der Waals surface area contributed by atoms with Crippen molar-refractivity contribution in [3.63, 3.8) is 0 Å². The monoisotopic (exact) mass is 237 g/mol. The SMILES string of the molecule is CCc1[nH]nc2nc(-c3ccccc3C)ccc12. The minimum absolute atomic E-state index is 0.799. The molecule has 0 amide bonds. The van der Waals surface area contributed by atoms with Gasteiger partial charge in [-0.1, -0.05) is 31.2 Å². The lowest BCUT2D eigenvalue weighted by atomic mass is 10.0. The molecular weight excluding hydrogens is 222 g/mol. The maximum absolute atomic E-state index is 4.63. The Kier molecular flexibility index (Phi) is 2.59. The summed E-state index contributed by atoms with van der Waals surface area (Å²) in [6, 6.07) is 12.4. The van der Waals surface area contributed by atoms with Gasteiger partial charge in [-0.25, -0.2) is 4.98 Å². The lowest BCUT2D eigenvalue weighted by Crippen LogP contribution is -1.87. The topological polar surface area (TPSA) is 41.6 Å². The Hall–Kier alpha value is -2.16. The first-order chi connectivity index (χ1) is 8.79. The Bertz CT molecular complexity index is 698. The minimum Gasteiger partial charge on any atom is -0.280 e. The highest BCUT2D eigenvalue weighted by atomic mass is 15.1. The minimum atomic E-state index is 0.799. The van der Waals surface area contributed by atoms with E-state index in [1.165, 1.54) is 11.1 Å². The normalized spacial score (nSPS) is 11.0. The van der Waals surface area contributed by atoms with Crippen LogP contribution in [-0.2, 0) is 6.42 Å². The van der Waals surface area contributed by atoms with Crippen LogP contribution in [0.5, 0.6) is 0 Å². The van der Waals surface area contributed by atoms with Crippen LogP contribution in [0.3, 0.4) is 0 Å². The van der Waals surface area contributed by atoms with Gasteiger partial charge < -0.3 is 0 Å². The number of benzene rings is 1. The van der Waals surface area contributed by atoms with Crippen molar-refractivity contribution in [2.24, 2.45) is 0 Å². The Morgan fingerprint density at radius 1 is 1.11 bits per heavy atom. The molecule has 0 aliphatic carbocycles. The van der Waals surface area contributed by atoms with E-state index in [9.17, 15) is 0 Å². The summed E-state index contributed by atoms with van der Waals surface area (Å²) in [4.78, 5) is 4.63. The van der Waals surface area contributed by atoms with Crippen molar-refractivity contribution < 1.29 is 0 Å². The molecular formula is C15H15N3. The predicted molar refractivity (Wildman–Crippen MR) is 73.4 cm³/mol. The fourth-order valence-electron chi connectivity index (χ4n) is 2.23. The quantitative estimate of drug-likeness (QED) is 0.741. The van der Waals surface area contributed by atoms with Gasteiger partial charge in [0.15, 0.2) is 5.65 Å². The van der Waals surface area contributed by atoms with Crippen LogP contribution in [0.4, 0.5) is 0 Å². The summed E-state index contributed by atoms with van der Waals surface area (Å²) in [5, 5.41) is 8.43. The molecule has 0 bridgehead atoms. The first kappa shape index (κ1) is 11.0. The fraction of sp³-hybridized carbons (Fsp3) is 0.200. The second-order valence-corrected chi connectivity index (χ2v) is 4.44.